The molecule has 0 aliphatic carbocycles. The van der Waals surface area contributed by atoms with Crippen LogP contribution in [0.4, 0.5) is 17.5 Å². The van der Waals surface area contributed by atoms with Crippen molar-refractivity contribution in [3.05, 3.63) is 41.7 Å². The number of fused-ring (bicyclic) bond motifs is 1. The maximum absolute atomic E-state index is 12.9. The minimum Gasteiger partial charge on any atom is -0.388 e. The number of ether oxygens (including phenoxy) is 2. The average molecular weight is 454 g/mol. The number of amides is 1. The van der Waals surface area contributed by atoms with Gasteiger partial charge in [0.25, 0.3) is 5.91 Å². The van der Waals surface area contributed by atoms with E-state index in [2.05, 4.69) is 26.0 Å². The van der Waals surface area contributed by atoms with Crippen LogP contribution in [-0.4, -0.2) is 76.2 Å². The van der Waals surface area contributed by atoms with E-state index in [-0.39, 0.29) is 25.0 Å². The quantitative estimate of drug-likeness (QED) is 0.435. The summed E-state index contributed by atoms with van der Waals surface area (Å²) in [6.45, 7) is 1.95. The van der Waals surface area contributed by atoms with Crippen molar-refractivity contribution >= 4 is 29.0 Å². The van der Waals surface area contributed by atoms with Crippen molar-refractivity contribution in [3.63, 3.8) is 0 Å². The van der Waals surface area contributed by atoms with Gasteiger partial charge in [0.15, 0.2) is 5.65 Å². The Kier molecular flexibility index (Phi) is 6.07. The van der Waals surface area contributed by atoms with Gasteiger partial charge in [0.1, 0.15) is 23.0 Å². The third kappa shape index (κ3) is 4.47. The Morgan fingerprint density at radius 1 is 1.18 bits per heavy atom. The number of carbonyl (C=O) groups is 1. The Balaban J connectivity index is 1.42. The first-order chi connectivity index (χ1) is 16.1. The van der Waals surface area contributed by atoms with Gasteiger partial charge < -0.3 is 30.5 Å². The largest absolute Gasteiger partial charge is 0.388 e. The van der Waals surface area contributed by atoms with Crippen molar-refractivity contribution in [2.75, 3.05) is 44.1 Å². The first-order valence-corrected chi connectivity index (χ1v) is 11.1. The van der Waals surface area contributed by atoms with E-state index in [1.165, 1.54) is 6.20 Å². The molecule has 3 aromatic heterocycles. The Morgan fingerprint density at radius 3 is 2.85 bits per heavy atom. The Morgan fingerprint density at radius 2 is 2.09 bits per heavy atom. The molecule has 174 valence electrons. The number of rotatable bonds is 6. The zero-order valence-electron chi connectivity index (χ0n) is 18.3. The number of aromatic nitrogens is 4. The van der Waals surface area contributed by atoms with Crippen molar-refractivity contribution in [2.24, 2.45) is 0 Å². The monoisotopic (exact) mass is 453 g/mol. The average Bonchev–Trinajstić information content (AvgIpc) is 3.45. The smallest absolute Gasteiger partial charge is 0.257 e. The van der Waals surface area contributed by atoms with Crippen LogP contribution >= 0.6 is 0 Å². The second kappa shape index (κ2) is 9.30. The summed E-state index contributed by atoms with van der Waals surface area (Å²) in [5.74, 6) is 1.75. The number of nitrogens with zero attached hydrogens (tertiary/aromatic N) is 4. The van der Waals surface area contributed by atoms with Crippen molar-refractivity contribution in [3.8, 4) is 0 Å². The topological polar surface area (TPSA) is 135 Å². The lowest BCUT2D eigenvalue weighted by molar-refractivity contribution is 0.0793. The van der Waals surface area contributed by atoms with Gasteiger partial charge in [-0.25, -0.2) is 9.97 Å². The standard InChI is InChI=1S/C22H27N7O4/c1-23-20-8-19(27-18-6-2-5-15(25-18)13-4-3-7-32-10-13)28-21-14(9-24-29(20)21)22(31)26-16-11-33-12-17(16)30/h2,5-6,8-9,13,16-17,23,30H,3-4,7,10-12H2,1H3,(H,26,31)(H,25,27,28)/t13-,16-,17+/m0/s1. The highest BCUT2D eigenvalue weighted by Crippen LogP contribution is 2.26. The number of aliphatic hydroxyl groups is 1. The number of hydrogen-bond acceptors (Lipinski definition) is 9. The fourth-order valence-electron chi connectivity index (χ4n) is 4.15. The third-order valence-corrected chi connectivity index (χ3v) is 5.94. The van der Waals surface area contributed by atoms with E-state index >= 15 is 0 Å². The fourth-order valence-corrected chi connectivity index (χ4v) is 4.15. The second-order valence-corrected chi connectivity index (χ2v) is 8.24. The maximum atomic E-state index is 12.9. The molecule has 5 heterocycles. The number of hydrogen-bond donors (Lipinski definition) is 4. The number of anilines is 3. The molecule has 0 unspecified atom stereocenters. The normalized spacial score (nSPS) is 22.9. The second-order valence-electron chi connectivity index (χ2n) is 8.24. The van der Waals surface area contributed by atoms with E-state index in [4.69, 9.17) is 14.5 Å². The van der Waals surface area contributed by atoms with Gasteiger partial charge >= 0.3 is 0 Å². The highest BCUT2D eigenvalue weighted by atomic mass is 16.5. The molecule has 3 aromatic rings. The van der Waals surface area contributed by atoms with E-state index in [9.17, 15) is 9.90 Å². The molecule has 2 saturated heterocycles. The molecular weight excluding hydrogens is 426 g/mol. The summed E-state index contributed by atoms with van der Waals surface area (Å²) in [4.78, 5) is 22.3. The van der Waals surface area contributed by atoms with Crippen LogP contribution in [0, 0.1) is 0 Å². The maximum Gasteiger partial charge on any atom is 0.257 e. The van der Waals surface area contributed by atoms with E-state index in [0.717, 1.165) is 25.1 Å². The molecule has 11 heteroatoms. The molecule has 0 saturated carbocycles. The van der Waals surface area contributed by atoms with Crippen molar-refractivity contribution in [1.82, 2.24) is 24.9 Å². The molecule has 5 rings (SSSR count). The Hall–Kier alpha value is -3.28. The molecule has 11 nitrogen and oxygen atoms in total. The molecule has 3 atom stereocenters. The summed E-state index contributed by atoms with van der Waals surface area (Å²) in [6, 6.07) is 7.19. The molecular formula is C22H27N7O4. The van der Waals surface area contributed by atoms with Crippen LogP contribution in [0.2, 0.25) is 0 Å². The van der Waals surface area contributed by atoms with E-state index in [1.807, 2.05) is 18.2 Å². The predicted octanol–water partition coefficient (Wildman–Crippen LogP) is 1.29. The molecule has 1 amide bonds. The summed E-state index contributed by atoms with van der Waals surface area (Å²) in [5.41, 5.74) is 1.67. The number of nitrogens with one attached hydrogen (secondary N) is 3. The number of aliphatic hydroxyl groups excluding tert-OH is 1. The molecule has 0 bridgehead atoms. The van der Waals surface area contributed by atoms with Crippen LogP contribution in [0.1, 0.15) is 34.8 Å². The van der Waals surface area contributed by atoms with Crippen molar-refractivity contribution < 1.29 is 19.4 Å². The van der Waals surface area contributed by atoms with E-state index in [1.54, 1.807) is 17.6 Å². The summed E-state index contributed by atoms with van der Waals surface area (Å²) >= 11 is 0. The van der Waals surface area contributed by atoms with Gasteiger partial charge in [-0.1, -0.05) is 6.07 Å². The zero-order chi connectivity index (χ0) is 22.8. The fraction of sp³-hybridized carbons (Fsp3) is 0.455. The molecule has 4 N–H and O–H groups in total. The Labute approximate surface area is 190 Å². The SMILES string of the molecule is CNc1cc(Nc2cccc([C@H]3CCCOC3)n2)nc2c(C(=O)N[C@H]3COC[C@H]3O)cnn12. The molecule has 33 heavy (non-hydrogen) atoms. The number of carbonyl (C=O) groups excluding carboxylic acids is 1. The van der Waals surface area contributed by atoms with Gasteiger partial charge in [-0.05, 0) is 25.0 Å². The van der Waals surface area contributed by atoms with Gasteiger partial charge in [-0.3, -0.25) is 4.79 Å². The van der Waals surface area contributed by atoms with Gasteiger partial charge in [-0.15, -0.1) is 0 Å². The van der Waals surface area contributed by atoms with Crippen molar-refractivity contribution in [1.29, 1.82) is 0 Å². The summed E-state index contributed by atoms with van der Waals surface area (Å²) in [6.07, 6.45) is 2.82. The predicted molar refractivity (Wildman–Crippen MR) is 121 cm³/mol. The molecule has 0 spiro atoms. The van der Waals surface area contributed by atoms with E-state index < -0.39 is 12.1 Å². The van der Waals surface area contributed by atoms with Gasteiger partial charge in [0.05, 0.1) is 38.2 Å². The van der Waals surface area contributed by atoms with Gasteiger partial charge in [0.2, 0.25) is 0 Å². The van der Waals surface area contributed by atoms with Crippen LogP contribution < -0.4 is 16.0 Å². The number of pyridine rings is 1. The van der Waals surface area contributed by atoms with Crippen LogP contribution in [0.5, 0.6) is 0 Å². The highest BCUT2D eigenvalue weighted by Gasteiger charge is 2.29. The molecule has 2 aliphatic rings. The molecule has 0 radical (unpaired) electrons. The van der Waals surface area contributed by atoms with Gasteiger partial charge in [-0.2, -0.15) is 9.61 Å². The summed E-state index contributed by atoms with van der Waals surface area (Å²) < 4.78 is 12.4. The van der Waals surface area contributed by atoms with E-state index in [0.29, 0.717) is 35.3 Å². The lowest BCUT2D eigenvalue weighted by Crippen LogP contribution is -2.42. The zero-order valence-corrected chi connectivity index (χ0v) is 18.3. The third-order valence-electron chi connectivity index (χ3n) is 5.94. The first kappa shape index (κ1) is 21.6. The first-order valence-electron chi connectivity index (χ1n) is 11.1. The molecule has 2 fully saturated rings. The lowest BCUT2D eigenvalue weighted by atomic mass is 9.98. The lowest BCUT2D eigenvalue weighted by Gasteiger charge is -2.22. The molecule has 2 aliphatic heterocycles. The van der Waals surface area contributed by atoms with Crippen molar-refractivity contribution in [2.45, 2.75) is 30.9 Å². The summed E-state index contributed by atoms with van der Waals surface area (Å²) in [5, 5.41) is 23.4. The van der Waals surface area contributed by atoms with Crippen LogP contribution in [0.25, 0.3) is 5.65 Å². The molecule has 0 aromatic carbocycles. The van der Waals surface area contributed by atoms with Crippen LogP contribution in [0.15, 0.2) is 30.5 Å². The minimum atomic E-state index is -0.734. The minimum absolute atomic E-state index is 0.203. The van der Waals surface area contributed by atoms with Gasteiger partial charge in [0, 0.05) is 31.3 Å². The Bertz CT molecular complexity index is 1140. The van der Waals surface area contributed by atoms with Crippen LogP contribution in [0.3, 0.4) is 0 Å². The highest BCUT2D eigenvalue weighted by molar-refractivity contribution is 6.00. The van der Waals surface area contributed by atoms with Crippen LogP contribution in [-0.2, 0) is 9.47 Å². The summed E-state index contributed by atoms with van der Waals surface area (Å²) in [7, 11) is 1.77.